The van der Waals surface area contributed by atoms with Crippen LogP contribution in [0, 0.1) is 0 Å². The van der Waals surface area contributed by atoms with Gasteiger partial charge in [-0.05, 0) is 17.7 Å². The maximum Gasteiger partial charge on any atom is 0.328 e. The molecule has 0 aromatic heterocycles. The predicted molar refractivity (Wildman–Crippen MR) is 117 cm³/mol. The quantitative estimate of drug-likeness (QED) is 0.332. The summed E-state index contributed by atoms with van der Waals surface area (Å²) in [6, 6.07) is 13.6. The molecule has 1 aliphatic heterocycles. The lowest BCUT2D eigenvalue weighted by Gasteiger charge is -2.18. The van der Waals surface area contributed by atoms with Crippen molar-refractivity contribution in [3.63, 3.8) is 0 Å². The minimum atomic E-state index is -3.90. The lowest BCUT2D eigenvalue weighted by Crippen LogP contribution is -2.54. The van der Waals surface area contributed by atoms with Crippen LogP contribution < -0.4 is 21.3 Å². The van der Waals surface area contributed by atoms with Crippen molar-refractivity contribution in [1.29, 1.82) is 0 Å². The molecule has 33 heavy (non-hydrogen) atoms. The zero-order valence-corrected chi connectivity index (χ0v) is 18.2. The average Bonchev–Trinajstić information content (AvgIpc) is 3.33. The van der Waals surface area contributed by atoms with Crippen LogP contribution in [0.5, 0.6) is 0 Å². The van der Waals surface area contributed by atoms with Crippen LogP contribution in [0.1, 0.15) is 5.56 Å². The fourth-order valence-corrected chi connectivity index (χ4v) is 4.40. The highest BCUT2D eigenvalue weighted by molar-refractivity contribution is 7.91. The number of carbonyl (C=O) groups excluding carboxylic acids is 2. The third-order valence-electron chi connectivity index (χ3n) is 4.80. The number of aliphatic carboxylic acids is 1. The summed E-state index contributed by atoms with van der Waals surface area (Å²) in [6.45, 7) is -0.391. The molecule has 176 valence electrons. The Hall–Kier alpha value is -3.48. The first-order valence-corrected chi connectivity index (χ1v) is 11.6. The van der Waals surface area contributed by atoms with Gasteiger partial charge in [-0.25, -0.2) is 18.0 Å². The number of nitrogens with one attached hydrogen (secondary N) is 4. The molecule has 1 fully saturated rings. The number of carboxylic acid groups (broad SMARTS) is 1. The monoisotopic (exact) mass is 476 g/mol. The topological polar surface area (TPSA) is 163 Å². The normalized spacial score (nSPS) is 18.8. The first-order valence-electron chi connectivity index (χ1n) is 10.0. The van der Waals surface area contributed by atoms with E-state index in [2.05, 4.69) is 21.3 Å². The van der Waals surface area contributed by atoms with E-state index in [0.29, 0.717) is 0 Å². The van der Waals surface area contributed by atoms with E-state index in [1.165, 1.54) is 12.1 Å². The van der Waals surface area contributed by atoms with Crippen molar-refractivity contribution >= 4 is 27.7 Å². The standard InChI is InChI=1S/C21H24N4O7S/c26-18(17-13-32-21(25-17)33(30,31)15-9-5-2-6-10-15)24-16(19(27)28)12-23-20(29)22-11-14-7-3-1-4-8-14/h1-10,16-17,21,25H,11-13H2,(H,24,26)(H,27,28)(H2,22,23,29). The molecule has 3 amide bonds. The summed E-state index contributed by atoms with van der Waals surface area (Å²) >= 11 is 0. The Morgan fingerprint density at radius 3 is 2.30 bits per heavy atom. The fourth-order valence-electron chi connectivity index (χ4n) is 3.02. The molecule has 11 nitrogen and oxygen atoms in total. The highest BCUT2D eigenvalue weighted by atomic mass is 32.2. The van der Waals surface area contributed by atoms with Crippen molar-refractivity contribution in [3.8, 4) is 0 Å². The van der Waals surface area contributed by atoms with Crippen LogP contribution in [-0.2, 0) is 30.7 Å². The molecule has 2 aromatic carbocycles. The van der Waals surface area contributed by atoms with Crippen LogP contribution in [0.25, 0.3) is 0 Å². The average molecular weight is 477 g/mol. The molecule has 2 aromatic rings. The highest BCUT2D eigenvalue weighted by Crippen LogP contribution is 2.19. The van der Waals surface area contributed by atoms with Crippen LogP contribution in [0.15, 0.2) is 65.6 Å². The van der Waals surface area contributed by atoms with Crippen molar-refractivity contribution in [2.75, 3.05) is 13.2 Å². The Labute approximate surface area is 190 Å². The smallest absolute Gasteiger partial charge is 0.328 e. The van der Waals surface area contributed by atoms with Crippen molar-refractivity contribution in [3.05, 3.63) is 66.2 Å². The van der Waals surface area contributed by atoms with Gasteiger partial charge in [0.15, 0.2) is 0 Å². The SMILES string of the molecule is O=C(NCc1ccccc1)NCC(NC(=O)C1COC(S(=O)(=O)c2ccccc2)N1)C(=O)O. The van der Waals surface area contributed by atoms with Crippen LogP contribution in [-0.4, -0.2) is 62.2 Å². The molecule has 1 saturated heterocycles. The minimum absolute atomic E-state index is 0.0256. The van der Waals surface area contributed by atoms with Gasteiger partial charge in [0.1, 0.15) is 12.1 Å². The predicted octanol–water partition coefficient (Wildman–Crippen LogP) is -0.199. The van der Waals surface area contributed by atoms with E-state index < -0.39 is 45.4 Å². The number of urea groups is 1. The van der Waals surface area contributed by atoms with Gasteiger partial charge in [-0.2, -0.15) is 0 Å². The molecule has 0 radical (unpaired) electrons. The molecule has 0 bridgehead atoms. The van der Waals surface area contributed by atoms with Gasteiger partial charge in [-0.3, -0.25) is 10.1 Å². The van der Waals surface area contributed by atoms with E-state index in [4.69, 9.17) is 4.74 Å². The van der Waals surface area contributed by atoms with Gasteiger partial charge < -0.3 is 25.8 Å². The second-order valence-electron chi connectivity index (χ2n) is 7.19. The summed E-state index contributed by atoms with van der Waals surface area (Å²) in [5, 5.41) is 19.2. The molecule has 12 heteroatoms. The number of benzene rings is 2. The molecule has 3 unspecified atom stereocenters. The number of amides is 3. The van der Waals surface area contributed by atoms with E-state index in [1.807, 2.05) is 30.3 Å². The Morgan fingerprint density at radius 1 is 1.03 bits per heavy atom. The maximum atomic E-state index is 12.6. The Bertz CT molecular complexity index is 1080. The fraction of sp³-hybridized carbons (Fsp3) is 0.286. The molecular formula is C21H24N4O7S. The van der Waals surface area contributed by atoms with Crippen LogP contribution in [0.4, 0.5) is 4.79 Å². The van der Waals surface area contributed by atoms with Crippen molar-refractivity contribution < 1.29 is 32.6 Å². The van der Waals surface area contributed by atoms with E-state index >= 15 is 0 Å². The summed E-state index contributed by atoms with van der Waals surface area (Å²) < 4.78 is 30.4. The lowest BCUT2D eigenvalue weighted by atomic mass is 10.2. The van der Waals surface area contributed by atoms with Crippen molar-refractivity contribution in [2.45, 2.75) is 29.1 Å². The largest absolute Gasteiger partial charge is 0.480 e. The second-order valence-corrected chi connectivity index (χ2v) is 9.18. The van der Waals surface area contributed by atoms with Gasteiger partial charge in [-0.15, -0.1) is 0 Å². The lowest BCUT2D eigenvalue weighted by molar-refractivity contribution is -0.141. The number of ether oxygens (including phenoxy) is 1. The van der Waals surface area contributed by atoms with Gasteiger partial charge in [0.2, 0.25) is 21.3 Å². The van der Waals surface area contributed by atoms with Crippen LogP contribution in [0.3, 0.4) is 0 Å². The number of sulfone groups is 1. The Morgan fingerprint density at radius 2 is 1.67 bits per heavy atom. The molecule has 0 saturated carbocycles. The van der Waals surface area contributed by atoms with E-state index in [-0.39, 0.29) is 24.6 Å². The van der Waals surface area contributed by atoms with Gasteiger partial charge in [0, 0.05) is 6.54 Å². The van der Waals surface area contributed by atoms with E-state index in [0.717, 1.165) is 5.56 Å². The third-order valence-corrected chi connectivity index (χ3v) is 6.56. The number of carbonyl (C=O) groups is 3. The van der Waals surface area contributed by atoms with E-state index in [1.54, 1.807) is 18.2 Å². The zero-order chi connectivity index (χ0) is 23.8. The molecule has 1 heterocycles. The molecule has 3 rings (SSSR count). The first-order chi connectivity index (χ1) is 15.8. The van der Waals surface area contributed by atoms with Gasteiger partial charge in [0.25, 0.3) is 0 Å². The first kappa shape index (κ1) is 24.2. The molecule has 0 spiro atoms. The second kappa shape index (κ2) is 10.9. The van der Waals surface area contributed by atoms with E-state index in [9.17, 15) is 27.9 Å². The van der Waals surface area contributed by atoms with Crippen LogP contribution >= 0.6 is 0 Å². The minimum Gasteiger partial charge on any atom is -0.480 e. The molecule has 5 N–H and O–H groups in total. The highest BCUT2D eigenvalue weighted by Gasteiger charge is 2.39. The maximum absolute atomic E-state index is 12.6. The number of rotatable bonds is 9. The zero-order valence-electron chi connectivity index (χ0n) is 17.4. The summed E-state index contributed by atoms with van der Waals surface area (Å²) in [4.78, 5) is 36.0. The molecule has 1 aliphatic rings. The summed E-state index contributed by atoms with van der Waals surface area (Å²) in [5.74, 6) is -2.13. The third kappa shape index (κ3) is 6.51. The van der Waals surface area contributed by atoms with Crippen LogP contribution in [0.2, 0.25) is 0 Å². The summed E-state index contributed by atoms with van der Waals surface area (Å²) in [6.07, 6.45) is 0. The molecule has 0 aliphatic carbocycles. The summed E-state index contributed by atoms with van der Waals surface area (Å²) in [5.41, 5.74) is -0.580. The van der Waals surface area contributed by atoms with Gasteiger partial charge in [0.05, 0.1) is 18.0 Å². The molecule has 3 atom stereocenters. The van der Waals surface area contributed by atoms with Crippen molar-refractivity contribution in [1.82, 2.24) is 21.3 Å². The number of hydrogen-bond acceptors (Lipinski definition) is 7. The molecular weight excluding hydrogens is 452 g/mol. The van der Waals surface area contributed by atoms with Crippen molar-refractivity contribution in [2.24, 2.45) is 0 Å². The Kier molecular flexibility index (Phi) is 7.98. The van der Waals surface area contributed by atoms with Gasteiger partial charge in [-0.1, -0.05) is 48.5 Å². The summed E-state index contributed by atoms with van der Waals surface area (Å²) in [7, 11) is -3.90. The number of hydrogen-bond donors (Lipinski definition) is 5. The Balaban J connectivity index is 1.50. The van der Waals surface area contributed by atoms with Gasteiger partial charge >= 0.3 is 12.0 Å². The number of carboxylic acids is 1.